The Hall–Kier alpha value is -1.19. The maximum Gasteiger partial charge on any atom is 0.175 e. The zero-order chi connectivity index (χ0) is 12.0. The lowest BCUT2D eigenvalue weighted by Gasteiger charge is -2.04. The van der Waals surface area contributed by atoms with Crippen molar-refractivity contribution in [2.45, 2.75) is 18.8 Å². The van der Waals surface area contributed by atoms with Crippen molar-refractivity contribution in [1.82, 2.24) is 5.16 Å². The van der Waals surface area contributed by atoms with Crippen molar-refractivity contribution in [1.29, 1.82) is 0 Å². The number of aromatic nitrogens is 1. The predicted octanol–water partition coefficient (Wildman–Crippen LogP) is 4.11. The Labute approximate surface area is 108 Å². The summed E-state index contributed by atoms with van der Waals surface area (Å²) in [5.41, 5.74) is 7.49. The SMILES string of the molecule is Nc1noc(C2CC2)c1-c1ccc(Cl)cc1Cl. The van der Waals surface area contributed by atoms with Crippen LogP contribution in [0, 0.1) is 0 Å². The average Bonchev–Trinajstić information content (AvgIpc) is 3.04. The molecule has 0 unspecified atom stereocenters. The summed E-state index contributed by atoms with van der Waals surface area (Å²) in [6.07, 6.45) is 2.24. The molecule has 1 fully saturated rings. The van der Waals surface area contributed by atoms with Gasteiger partial charge in [-0.15, -0.1) is 0 Å². The Balaban J connectivity index is 2.16. The van der Waals surface area contributed by atoms with Crippen molar-refractivity contribution >= 4 is 29.0 Å². The summed E-state index contributed by atoms with van der Waals surface area (Å²) in [5.74, 6) is 1.66. The maximum absolute atomic E-state index is 6.18. The highest BCUT2D eigenvalue weighted by Crippen LogP contribution is 2.47. The molecule has 0 radical (unpaired) electrons. The molecule has 2 aromatic rings. The summed E-state index contributed by atoms with van der Waals surface area (Å²) in [4.78, 5) is 0. The Kier molecular flexibility index (Phi) is 2.53. The van der Waals surface area contributed by atoms with Crippen LogP contribution in [0.4, 0.5) is 5.82 Å². The van der Waals surface area contributed by atoms with Crippen LogP contribution >= 0.6 is 23.2 Å². The molecule has 0 saturated heterocycles. The van der Waals surface area contributed by atoms with Gasteiger partial charge in [0.25, 0.3) is 0 Å². The van der Waals surface area contributed by atoms with Gasteiger partial charge in [-0.2, -0.15) is 0 Å². The number of hydrogen-bond donors (Lipinski definition) is 1. The minimum atomic E-state index is 0.385. The highest BCUT2D eigenvalue weighted by molar-refractivity contribution is 6.36. The van der Waals surface area contributed by atoms with Crippen molar-refractivity contribution < 1.29 is 4.52 Å². The normalized spacial score (nSPS) is 15.2. The van der Waals surface area contributed by atoms with E-state index in [4.69, 9.17) is 33.5 Å². The minimum Gasteiger partial charge on any atom is -0.380 e. The topological polar surface area (TPSA) is 52.0 Å². The van der Waals surface area contributed by atoms with Gasteiger partial charge in [0, 0.05) is 16.5 Å². The molecule has 1 aliphatic rings. The predicted molar refractivity (Wildman–Crippen MR) is 68.3 cm³/mol. The molecular weight excluding hydrogens is 259 g/mol. The van der Waals surface area contributed by atoms with Crippen molar-refractivity contribution in [2.75, 3.05) is 5.73 Å². The Bertz CT molecular complexity index is 576. The third kappa shape index (κ3) is 1.90. The lowest BCUT2D eigenvalue weighted by atomic mass is 10.0. The van der Waals surface area contributed by atoms with Gasteiger partial charge in [0.05, 0.1) is 10.6 Å². The number of halogens is 2. The van der Waals surface area contributed by atoms with Gasteiger partial charge in [0.2, 0.25) is 0 Å². The van der Waals surface area contributed by atoms with E-state index in [0.29, 0.717) is 21.8 Å². The number of rotatable bonds is 2. The van der Waals surface area contributed by atoms with Crippen LogP contribution in [-0.2, 0) is 0 Å². The van der Waals surface area contributed by atoms with Crippen LogP contribution in [0.1, 0.15) is 24.5 Å². The van der Waals surface area contributed by atoms with Gasteiger partial charge in [-0.25, -0.2) is 0 Å². The third-order valence-corrected chi connectivity index (χ3v) is 3.44. The molecule has 1 aliphatic carbocycles. The molecule has 1 saturated carbocycles. The van der Waals surface area contributed by atoms with Crippen LogP contribution in [0.5, 0.6) is 0 Å². The van der Waals surface area contributed by atoms with Crippen molar-refractivity contribution in [3.8, 4) is 11.1 Å². The molecule has 0 aliphatic heterocycles. The number of nitrogen functional groups attached to an aromatic ring is 1. The summed E-state index contributed by atoms with van der Waals surface area (Å²) in [7, 11) is 0. The standard InChI is InChI=1S/C12H10Cl2N2O/c13-7-3-4-8(9(14)5-7)10-11(6-1-2-6)17-16-12(10)15/h3-6H,1-2H2,(H2,15,16). The first-order chi connectivity index (χ1) is 8.16. The molecular formula is C12H10Cl2N2O. The number of anilines is 1. The van der Waals surface area contributed by atoms with Gasteiger partial charge in [-0.3, -0.25) is 0 Å². The average molecular weight is 269 g/mol. The smallest absolute Gasteiger partial charge is 0.175 e. The molecule has 0 amide bonds. The molecule has 1 aromatic carbocycles. The molecule has 1 aromatic heterocycles. The Morgan fingerprint density at radius 1 is 1.29 bits per heavy atom. The lowest BCUT2D eigenvalue weighted by molar-refractivity contribution is 0.387. The molecule has 1 heterocycles. The van der Waals surface area contributed by atoms with Crippen molar-refractivity contribution in [3.63, 3.8) is 0 Å². The van der Waals surface area contributed by atoms with Gasteiger partial charge in [0.1, 0.15) is 5.76 Å². The van der Waals surface area contributed by atoms with E-state index in [1.807, 2.05) is 6.07 Å². The highest BCUT2D eigenvalue weighted by atomic mass is 35.5. The van der Waals surface area contributed by atoms with Crippen LogP contribution in [0.15, 0.2) is 22.7 Å². The van der Waals surface area contributed by atoms with Crippen LogP contribution < -0.4 is 5.73 Å². The van der Waals surface area contributed by atoms with Crippen LogP contribution in [0.2, 0.25) is 10.0 Å². The largest absolute Gasteiger partial charge is 0.380 e. The maximum atomic E-state index is 6.18. The van der Waals surface area contributed by atoms with Crippen LogP contribution in [0.3, 0.4) is 0 Å². The van der Waals surface area contributed by atoms with E-state index in [1.165, 1.54) is 0 Å². The summed E-state index contributed by atoms with van der Waals surface area (Å²) < 4.78 is 5.29. The number of hydrogen-bond acceptors (Lipinski definition) is 3. The fourth-order valence-electron chi connectivity index (χ4n) is 1.90. The molecule has 0 bridgehead atoms. The summed E-state index contributed by atoms with van der Waals surface area (Å²) in [6.45, 7) is 0. The Morgan fingerprint density at radius 2 is 2.06 bits per heavy atom. The fourth-order valence-corrected chi connectivity index (χ4v) is 2.41. The lowest BCUT2D eigenvalue weighted by Crippen LogP contribution is -1.90. The van der Waals surface area contributed by atoms with Crippen molar-refractivity contribution in [3.05, 3.63) is 34.0 Å². The summed E-state index contributed by atoms with van der Waals surface area (Å²) >= 11 is 12.1. The monoisotopic (exact) mass is 268 g/mol. The zero-order valence-electron chi connectivity index (χ0n) is 8.91. The van der Waals surface area contributed by atoms with Gasteiger partial charge in [-0.1, -0.05) is 34.4 Å². The molecule has 2 N–H and O–H groups in total. The van der Waals surface area contributed by atoms with E-state index in [0.717, 1.165) is 29.7 Å². The first-order valence-corrected chi connectivity index (χ1v) is 6.13. The quantitative estimate of drug-likeness (QED) is 0.892. The first kappa shape index (κ1) is 10.9. The molecule has 3 rings (SSSR count). The number of nitrogens with two attached hydrogens (primary N) is 1. The van der Waals surface area contributed by atoms with Gasteiger partial charge in [-0.05, 0) is 25.0 Å². The van der Waals surface area contributed by atoms with E-state index in [-0.39, 0.29) is 0 Å². The summed E-state index contributed by atoms with van der Waals surface area (Å²) in [5, 5.41) is 4.99. The van der Waals surface area contributed by atoms with Gasteiger partial charge in [0.15, 0.2) is 5.82 Å². The van der Waals surface area contributed by atoms with Gasteiger partial charge >= 0.3 is 0 Å². The molecule has 17 heavy (non-hydrogen) atoms. The third-order valence-electron chi connectivity index (χ3n) is 2.89. The zero-order valence-corrected chi connectivity index (χ0v) is 10.4. The van der Waals surface area contributed by atoms with E-state index in [1.54, 1.807) is 12.1 Å². The van der Waals surface area contributed by atoms with E-state index in [2.05, 4.69) is 5.16 Å². The van der Waals surface area contributed by atoms with E-state index >= 15 is 0 Å². The van der Waals surface area contributed by atoms with Crippen molar-refractivity contribution in [2.24, 2.45) is 0 Å². The van der Waals surface area contributed by atoms with Crippen LogP contribution in [-0.4, -0.2) is 5.16 Å². The van der Waals surface area contributed by atoms with Gasteiger partial charge < -0.3 is 10.3 Å². The fraction of sp³-hybridized carbons (Fsp3) is 0.250. The second-order valence-corrected chi connectivity index (χ2v) is 5.05. The van der Waals surface area contributed by atoms with Crippen LogP contribution in [0.25, 0.3) is 11.1 Å². The first-order valence-electron chi connectivity index (χ1n) is 5.37. The minimum absolute atomic E-state index is 0.385. The highest BCUT2D eigenvalue weighted by Gasteiger charge is 2.32. The number of nitrogens with zero attached hydrogens (tertiary/aromatic N) is 1. The van der Waals surface area contributed by atoms with E-state index in [9.17, 15) is 0 Å². The molecule has 88 valence electrons. The Morgan fingerprint density at radius 3 is 2.71 bits per heavy atom. The second-order valence-electron chi connectivity index (χ2n) is 4.21. The number of benzene rings is 1. The summed E-state index contributed by atoms with van der Waals surface area (Å²) in [6, 6.07) is 5.33. The molecule has 5 heteroatoms. The second kappa shape index (κ2) is 3.93. The molecule has 0 atom stereocenters. The van der Waals surface area contributed by atoms with E-state index < -0.39 is 0 Å². The molecule has 3 nitrogen and oxygen atoms in total. The molecule has 0 spiro atoms.